The number of nitrogens with zero attached hydrogens (tertiary/aromatic N) is 3. The van der Waals surface area contributed by atoms with Crippen LogP contribution in [0.4, 0.5) is 0 Å². The van der Waals surface area contributed by atoms with Crippen LogP contribution in [0.3, 0.4) is 0 Å². The van der Waals surface area contributed by atoms with Crippen LogP contribution in [0.25, 0.3) is 0 Å². The van der Waals surface area contributed by atoms with Crippen LogP contribution >= 0.6 is 0 Å². The summed E-state index contributed by atoms with van der Waals surface area (Å²) in [6.07, 6.45) is 2.10. The molecule has 0 aliphatic carbocycles. The first-order chi connectivity index (χ1) is 11.0. The van der Waals surface area contributed by atoms with Gasteiger partial charge in [-0.05, 0) is 19.8 Å². The van der Waals surface area contributed by atoms with E-state index in [1.165, 1.54) is 0 Å². The molecule has 7 nitrogen and oxygen atoms in total. The Morgan fingerprint density at radius 2 is 2.35 bits per heavy atom. The van der Waals surface area contributed by atoms with Gasteiger partial charge in [-0.2, -0.15) is 0 Å². The van der Waals surface area contributed by atoms with Crippen LogP contribution in [0.5, 0.6) is 0 Å². The molecule has 1 aromatic rings. The number of ether oxygens (including phenoxy) is 2. The second kappa shape index (κ2) is 6.98. The molecule has 3 heterocycles. The fourth-order valence-corrected chi connectivity index (χ4v) is 3.34. The number of hydrogen-bond acceptors (Lipinski definition) is 6. The molecule has 0 aromatic carbocycles. The van der Waals surface area contributed by atoms with Gasteiger partial charge in [0.15, 0.2) is 0 Å². The number of hydrogen-bond donors (Lipinski definition) is 0. The molecule has 0 radical (unpaired) electrons. The average molecular weight is 323 g/mol. The SMILES string of the molecule is Cc1cc(CN2C[C@@H](OCC(=O)N(C)C)[C@@H]3OCCC[C@@H]32)no1. The second-order valence-electron chi connectivity index (χ2n) is 6.54. The predicted octanol–water partition coefficient (Wildman–Crippen LogP) is 0.820. The first kappa shape index (κ1) is 16.4. The maximum atomic E-state index is 11.8. The van der Waals surface area contributed by atoms with Gasteiger partial charge < -0.3 is 18.9 Å². The summed E-state index contributed by atoms with van der Waals surface area (Å²) in [6, 6.07) is 2.28. The number of fused-ring (bicyclic) bond motifs is 1. The molecule has 1 amide bonds. The van der Waals surface area contributed by atoms with E-state index in [4.69, 9.17) is 14.0 Å². The Morgan fingerprint density at radius 1 is 1.52 bits per heavy atom. The molecule has 3 rings (SSSR count). The lowest BCUT2D eigenvalue weighted by atomic mass is 10.0. The van der Waals surface area contributed by atoms with E-state index in [1.54, 1.807) is 19.0 Å². The third kappa shape index (κ3) is 3.73. The lowest BCUT2D eigenvalue weighted by molar-refractivity contribution is -0.139. The van der Waals surface area contributed by atoms with Crippen molar-refractivity contribution in [1.82, 2.24) is 15.0 Å². The van der Waals surface area contributed by atoms with Crippen LogP contribution in [0, 0.1) is 6.92 Å². The summed E-state index contributed by atoms with van der Waals surface area (Å²) in [5.74, 6) is 0.794. The van der Waals surface area contributed by atoms with Crippen molar-refractivity contribution < 1.29 is 18.8 Å². The first-order valence-corrected chi connectivity index (χ1v) is 8.14. The number of aryl methyl sites for hydroxylation is 1. The molecule has 128 valence electrons. The van der Waals surface area contributed by atoms with Crippen LogP contribution in [0.15, 0.2) is 10.6 Å². The van der Waals surface area contributed by atoms with Crippen molar-refractivity contribution in [3.63, 3.8) is 0 Å². The van der Waals surface area contributed by atoms with Crippen molar-refractivity contribution >= 4 is 5.91 Å². The van der Waals surface area contributed by atoms with E-state index in [0.717, 1.165) is 44.0 Å². The van der Waals surface area contributed by atoms with Gasteiger partial charge in [0.2, 0.25) is 5.91 Å². The van der Waals surface area contributed by atoms with E-state index in [1.807, 2.05) is 13.0 Å². The summed E-state index contributed by atoms with van der Waals surface area (Å²) in [5.41, 5.74) is 0.928. The van der Waals surface area contributed by atoms with Crippen LogP contribution in [0.2, 0.25) is 0 Å². The zero-order valence-electron chi connectivity index (χ0n) is 14.0. The number of amides is 1. The highest BCUT2D eigenvalue weighted by atomic mass is 16.5. The van der Waals surface area contributed by atoms with Crippen molar-refractivity contribution in [1.29, 1.82) is 0 Å². The van der Waals surface area contributed by atoms with Crippen molar-refractivity contribution in [2.45, 2.75) is 44.6 Å². The van der Waals surface area contributed by atoms with Crippen molar-refractivity contribution in [2.24, 2.45) is 0 Å². The van der Waals surface area contributed by atoms with Crippen LogP contribution in [0.1, 0.15) is 24.3 Å². The molecule has 0 unspecified atom stereocenters. The number of aromatic nitrogens is 1. The topological polar surface area (TPSA) is 68.0 Å². The molecule has 0 saturated carbocycles. The van der Waals surface area contributed by atoms with Crippen molar-refractivity contribution in [3.8, 4) is 0 Å². The molecule has 0 bridgehead atoms. The summed E-state index contributed by atoms with van der Waals surface area (Å²) in [4.78, 5) is 15.6. The molecule has 1 aromatic heterocycles. The summed E-state index contributed by atoms with van der Waals surface area (Å²) in [7, 11) is 3.47. The van der Waals surface area contributed by atoms with Gasteiger partial charge in [0, 0.05) is 45.9 Å². The maximum Gasteiger partial charge on any atom is 0.248 e. The van der Waals surface area contributed by atoms with Crippen molar-refractivity contribution in [3.05, 3.63) is 17.5 Å². The number of likely N-dealkylation sites (N-methyl/N-ethyl adjacent to an activating group) is 1. The van der Waals surface area contributed by atoms with Gasteiger partial charge in [0.25, 0.3) is 0 Å². The van der Waals surface area contributed by atoms with Gasteiger partial charge in [0.05, 0.1) is 11.8 Å². The van der Waals surface area contributed by atoms with Gasteiger partial charge >= 0.3 is 0 Å². The highest BCUT2D eigenvalue weighted by Gasteiger charge is 2.45. The predicted molar refractivity (Wildman–Crippen MR) is 82.8 cm³/mol. The first-order valence-electron chi connectivity index (χ1n) is 8.14. The molecule has 2 aliphatic rings. The molecule has 2 saturated heterocycles. The molecule has 23 heavy (non-hydrogen) atoms. The zero-order chi connectivity index (χ0) is 16.4. The molecule has 2 aliphatic heterocycles. The zero-order valence-corrected chi connectivity index (χ0v) is 14.0. The smallest absolute Gasteiger partial charge is 0.248 e. The lowest BCUT2D eigenvalue weighted by Gasteiger charge is -2.32. The Morgan fingerprint density at radius 3 is 3.04 bits per heavy atom. The van der Waals surface area contributed by atoms with E-state index in [2.05, 4.69) is 10.1 Å². The van der Waals surface area contributed by atoms with E-state index in [0.29, 0.717) is 6.04 Å². The Kier molecular flexibility index (Phi) is 4.99. The number of rotatable bonds is 5. The van der Waals surface area contributed by atoms with E-state index < -0.39 is 0 Å². The number of likely N-dealkylation sites (tertiary alicyclic amines) is 1. The van der Waals surface area contributed by atoms with E-state index in [-0.39, 0.29) is 24.7 Å². The van der Waals surface area contributed by atoms with Crippen LogP contribution < -0.4 is 0 Å². The van der Waals surface area contributed by atoms with Gasteiger partial charge in [0.1, 0.15) is 18.5 Å². The third-order valence-corrected chi connectivity index (χ3v) is 4.55. The van der Waals surface area contributed by atoms with Gasteiger partial charge in [-0.3, -0.25) is 9.69 Å². The molecule has 2 fully saturated rings. The third-order valence-electron chi connectivity index (χ3n) is 4.55. The van der Waals surface area contributed by atoms with E-state index >= 15 is 0 Å². The summed E-state index contributed by atoms with van der Waals surface area (Å²) in [6.45, 7) is 4.23. The molecule has 0 spiro atoms. The van der Waals surface area contributed by atoms with Crippen LogP contribution in [-0.4, -0.2) is 73.0 Å². The quantitative estimate of drug-likeness (QED) is 0.799. The maximum absolute atomic E-state index is 11.8. The molecule has 7 heteroatoms. The fourth-order valence-electron chi connectivity index (χ4n) is 3.34. The number of carbonyl (C=O) groups excluding carboxylic acids is 1. The minimum atomic E-state index is -0.0720. The summed E-state index contributed by atoms with van der Waals surface area (Å²) < 4.78 is 17.0. The standard InChI is InChI=1S/C16H25N3O4/c1-11-7-12(17-23-11)8-19-9-14(22-10-15(20)18(2)3)16-13(19)5-4-6-21-16/h7,13-14,16H,4-6,8-10H2,1-3H3/t13-,14+,16+/m0/s1. The monoisotopic (exact) mass is 323 g/mol. The van der Waals surface area contributed by atoms with Crippen LogP contribution in [-0.2, 0) is 20.8 Å². The summed E-state index contributed by atoms with van der Waals surface area (Å²) in [5, 5.41) is 4.08. The average Bonchev–Trinajstić information content (AvgIpc) is 3.09. The lowest BCUT2D eigenvalue weighted by Crippen LogP contribution is -2.42. The Labute approximate surface area is 136 Å². The fraction of sp³-hybridized carbons (Fsp3) is 0.750. The largest absolute Gasteiger partial charge is 0.374 e. The Hall–Kier alpha value is -1.44. The summed E-state index contributed by atoms with van der Waals surface area (Å²) >= 11 is 0. The number of carbonyl (C=O) groups is 1. The van der Waals surface area contributed by atoms with Gasteiger partial charge in [-0.1, -0.05) is 5.16 Å². The molecule has 0 N–H and O–H groups in total. The molecular weight excluding hydrogens is 298 g/mol. The second-order valence-corrected chi connectivity index (χ2v) is 6.54. The minimum Gasteiger partial charge on any atom is -0.374 e. The Bertz CT molecular complexity index is 545. The molecular formula is C16H25N3O4. The Balaban J connectivity index is 1.63. The minimum absolute atomic E-state index is 0.0251. The van der Waals surface area contributed by atoms with Gasteiger partial charge in [-0.15, -0.1) is 0 Å². The van der Waals surface area contributed by atoms with E-state index in [9.17, 15) is 4.79 Å². The molecule has 3 atom stereocenters. The van der Waals surface area contributed by atoms with Crippen molar-refractivity contribution in [2.75, 3.05) is 33.9 Å². The van der Waals surface area contributed by atoms with Gasteiger partial charge in [-0.25, -0.2) is 0 Å². The highest BCUT2D eigenvalue weighted by Crippen LogP contribution is 2.31. The normalized spacial score (nSPS) is 27.9. The highest BCUT2D eigenvalue weighted by molar-refractivity contribution is 5.76.